The van der Waals surface area contributed by atoms with Crippen molar-refractivity contribution in [3.63, 3.8) is 0 Å². The maximum Gasteiger partial charge on any atom is 0.171 e. The van der Waals surface area contributed by atoms with Crippen LogP contribution in [0.25, 0.3) is 0 Å². The number of halogens is 1. The largest absolute Gasteiger partial charge is 0.171 e. The topological polar surface area (TPSA) is 0 Å². The van der Waals surface area contributed by atoms with Crippen molar-refractivity contribution in [2.24, 2.45) is 0 Å². The van der Waals surface area contributed by atoms with Gasteiger partial charge < -0.3 is 0 Å². The van der Waals surface area contributed by atoms with Crippen LogP contribution in [0.3, 0.4) is 0 Å². The zero-order valence-corrected chi connectivity index (χ0v) is 8.16. The van der Waals surface area contributed by atoms with Crippen molar-refractivity contribution >= 4 is 19.9 Å². The molecule has 0 spiro atoms. The van der Waals surface area contributed by atoms with E-state index in [1.807, 2.05) is 6.08 Å². The molecule has 0 fully saturated rings. The van der Waals surface area contributed by atoms with E-state index in [1.54, 1.807) is 0 Å². The molecule has 0 saturated heterocycles. The monoisotopic (exact) mass is 174 g/mol. The van der Waals surface area contributed by atoms with Gasteiger partial charge in [-0.2, -0.15) is 11.1 Å². The lowest BCUT2D eigenvalue weighted by atomic mass is 10.1. The summed E-state index contributed by atoms with van der Waals surface area (Å²) in [5.41, 5.74) is 0. The highest BCUT2D eigenvalue weighted by Gasteiger charge is 1.88. The second-order valence-corrected chi connectivity index (χ2v) is 3.94. The quantitative estimate of drug-likeness (QED) is 0.240. The molecular weight excluding hydrogens is 160 g/mol. The summed E-state index contributed by atoms with van der Waals surface area (Å²) in [5, 5.41) is 0. The fourth-order valence-corrected chi connectivity index (χ4v) is 1.62. The fourth-order valence-electron chi connectivity index (χ4n) is 0.834. The highest BCUT2D eigenvalue weighted by molar-refractivity contribution is 6.93. The molecule has 0 aliphatic carbocycles. The van der Waals surface area contributed by atoms with Gasteiger partial charge >= 0.3 is 0 Å². The van der Waals surface area contributed by atoms with Crippen LogP contribution in [0.2, 0.25) is 6.04 Å². The minimum absolute atomic E-state index is 0.622. The van der Waals surface area contributed by atoms with E-state index in [-0.39, 0.29) is 0 Å². The normalized spacial score (nSPS) is 9.70. The van der Waals surface area contributed by atoms with Gasteiger partial charge in [-0.25, -0.2) is 0 Å². The Hall–Kier alpha value is 0.247. The average molecular weight is 175 g/mol. The van der Waals surface area contributed by atoms with Gasteiger partial charge in [-0.3, -0.25) is 0 Å². The molecule has 0 aliphatic rings. The first-order valence-electron chi connectivity index (χ1n) is 3.86. The minimum Gasteiger partial charge on any atom is -0.171 e. The van der Waals surface area contributed by atoms with Gasteiger partial charge in [-0.1, -0.05) is 25.3 Å². The van der Waals surface area contributed by atoms with Gasteiger partial charge in [-0.05, 0) is 18.9 Å². The summed E-state index contributed by atoms with van der Waals surface area (Å²) in [4.78, 5) is 0. The molecule has 0 bridgehead atoms. The molecule has 58 valence electrons. The van der Waals surface area contributed by atoms with E-state index >= 15 is 0 Å². The van der Waals surface area contributed by atoms with Gasteiger partial charge in [-0.15, -0.1) is 6.58 Å². The molecule has 0 rings (SSSR count). The molecule has 10 heavy (non-hydrogen) atoms. The van der Waals surface area contributed by atoms with Crippen LogP contribution < -0.4 is 0 Å². The maximum atomic E-state index is 5.55. The zero-order valence-electron chi connectivity index (χ0n) is 6.41. The first-order valence-corrected chi connectivity index (χ1v) is 6.08. The maximum absolute atomic E-state index is 5.55. The van der Waals surface area contributed by atoms with Crippen LogP contribution in [0.5, 0.6) is 0 Å². The Labute approximate surface area is 71.2 Å². The van der Waals surface area contributed by atoms with E-state index in [1.165, 1.54) is 38.1 Å². The Balaban J connectivity index is 2.70. The fraction of sp³-hybridized carbons (Fsp3) is 0.750. The van der Waals surface area contributed by atoms with Crippen LogP contribution in [0.1, 0.15) is 32.1 Å². The molecule has 2 radical (unpaired) electrons. The molecule has 0 unspecified atom stereocenters. The number of rotatable bonds is 7. The Morgan fingerprint density at radius 1 is 1.20 bits per heavy atom. The van der Waals surface area contributed by atoms with Gasteiger partial charge in [0.25, 0.3) is 0 Å². The number of hydrogen-bond acceptors (Lipinski definition) is 0. The molecule has 0 aliphatic heterocycles. The summed E-state index contributed by atoms with van der Waals surface area (Å²) in [5.74, 6) is 0. The van der Waals surface area contributed by atoms with E-state index < -0.39 is 0 Å². The second kappa shape index (κ2) is 9.25. The van der Waals surface area contributed by atoms with Gasteiger partial charge in [0.1, 0.15) is 0 Å². The summed E-state index contributed by atoms with van der Waals surface area (Å²) < 4.78 is 0. The van der Waals surface area contributed by atoms with Crippen molar-refractivity contribution in [2.75, 3.05) is 0 Å². The van der Waals surface area contributed by atoms with Gasteiger partial charge in [0.05, 0.1) is 0 Å². The molecule has 0 atom stereocenters. The summed E-state index contributed by atoms with van der Waals surface area (Å²) in [6, 6.07) is 1.20. The number of unbranched alkanes of at least 4 members (excludes halogenated alkanes) is 4. The molecule has 0 heterocycles. The minimum atomic E-state index is 0.622. The van der Waals surface area contributed by atoms with Crippen LogP contribution in [-0.4, -0.2) is 8.83 Å². The van der Waals surface area contributed by atoms with Crippen LogP contribution in [0, 0.1) is 0 Å². The SMILES string of the molecule is C=CCCCCCC[Si]Cl. The molecule has 0 aromatic heterocycles. The smallest absolute Gasteiger partial charge is 0.171 e. The van der Waals surface area contributed by atoms with Crippen molar-refractivity contribution in [1.29, 1.82) is 0 Å². The Kier molecular flexibility index (Phi) is 9.48. The molecular formula is C8H15ClSi. The second-order valence-electron chi connectivity index (χ2n) is 2.38. The van der Waals surface area contributed by atoms with E-state index in [2.05, 4.69) is 6.58 Å². The van der Waals surface area contributed by atoms with Gasteiger partial charge in [0.15, 0.2) is 8.83 Å². The molecule has 0 N–H and O–H groups in total. The first-order chi connectivity index (χ1) is 4.91. The third kappa shape index (κ3) is 8.25. The van der Waals surface area contributed by atoms with E-state index in [0.717, 1.165) is 0 Å². The van der Waals surface area contributed by atoms with Crippen LogP contribution in [-0.2, 0) is 0 Å². The third-order valence-electron chi connectivity index (χ3n) is 1.43. The Morgan fingerprint density at radius 2 is 1.90 bits per heavy atom. The van der Waals surface area contributed by atoms with Crippen LogP contribution >= 0.6 is 11.1 Å². The highest BCUT2D eigenvalue weighted by Crippen LogP contribution is 2.05. The average Bonchev–Trinajstić information content (AvgIpc) is 1.97. The highest BCUT2D eigenvalue weighted by atomic mass is 35.6. The summed E-state index contributed by atoms with van der Waals surface area (Å²) >= 11 is 5.55. The van der Waals surface area contributed by atoms with Crippen molar-refractivity contribution < 1.29 is 0 Å². The summed E-state index contributed by atoms with van der Waals surface area (Å²) in [6.45, 7) is 3.67. The first kappa shape index (κ1) is 10.2. The molecule has 2 heteroatoms. The van der Waals surface area contributed by atoms with Crippen LogP contribution in [0.15, 0.2) is 12.7 Å². The zero-order chi connectivity index (χ0) is 7.66. The van der Waals surface area contributed by atoms with Crippen molar-refractivity contribution in [3.8, 4) is 0 Å². The predicted molar refractivity (Wildman–Crippen MR) is 49.7 cm³/mol. The van der Waals surface area contributed by atoms with E-state index in [9.17, 15) is 0 Å². The van der Waals surface area contributed by atoms with Crippen molar-refractivity contribution in [1.82, 2.24) is 0 Å². The van der Waals surface area contributed by atoms with E-state index in [0.29, 0.717) is 8.83 Å². The lowest BCUT2D eigenvalue weighted by molar-refractivity contribution is 0.674. The van der Waals surface area contributed by atoms with Crippen molar-refractivity contribution in [3.05, 3.63) is 12.7 Å². The lowest BCUT2D eigenvalue weighted by Crippen LogP contribution is -1.80. The third-order valence-corrected chi connectivity index (χ3v) is 2.54. The molecule has 0 nitrogen and oxygen atoms in total. The number of hydrogen-bond donors (Lipinski definition) is 0. The van der Waals surface area contributed by atoms with Gasteiger partial charge in [0.2, 0.25) is 0 Å². The predicted octanol–water partition coefficient (Wildman–Crippen LogP) is 3.40. The molecule has 0 aromatic carbocycles. The van der Waals surface area contributed by atoms with Crippen LogP contribution in [0.4, 0.5) is 0 Å². The number of allylic oxidation sites excluding steroid dienone is 1. The van der Waals surface area contributed by atoms with E-state index in [4.69, 9.17) is 11.1 Å². The molecule has 0 amide bonds. The lowest BCUT2D eigenvalue weighted by Gasteiger charge is -1.95. The van der Waals surface area contributed by atoms with Crippen molar-refractivity contribution in [2.45, 2.75) is 38.1 Å². The summed E-state index contributed by atoms with van der Waals surface area (Å²) in [7, 11) is 0.622. The standard InChI is InChI=1S/C8H15ClSi/c1-2-3-4-5-6-7-8-10-9/h2H,1,3-8H2. The molecule has 0 saturated carbocycles. The summed E-state index contributed by atoms with van der Waals surface area (Å²) in [6.07, 6.45) is 8.45. The molecule has 0 aromatic rings. The Morgan fingerprint density at radius 3 is 2.50 bits per heavy atom. The Bertz CT molecular complexity index is 73.7. The van der Waals surface area contributed by atoms with Gasteiger partial charge in [0, 0.05) is 0 Å².